The van der Waals surface area contributed by atoms with Gasteiger partial charge in [-0.25, -0.2) is 0 Å². The normalized spacial score (nSPS) is 10.6. The largest absolute Gasteiger partial charge is 0.508 e. The van der Waals surface area contributed by atoms with Crippen molar-refractivity contribution in [3.63, 3.8) is 0 Å². The molecule has 108 valence electrons. The third-order valence-electron chi connectivity index (χ3n) is 3.38. The maximum Gasteiger partial charge on any atom is 0.163 e. The monoisotopic (exact) mass is 266 g/mol. The molecule has 0 saturated heterocycles. The number of ether oxygens (including phenoxy) is 1. The number of hydrogen-bond donors (Lipinski definition) is 2. The van der Waals surface area contributed by atoms with E-state index in [1.165, 1.54) is 44.6 Å². The Hall–Kier alpha value is -1.38. The molecule has 0 aliphatic carbocycles. The molecule has 0 fully saturated rings. The number of hydrogen-bond acceptors (Lipinski definition) is 3. The van der Waals surface area contributed by atoms with E-state index in [-0.39, 0.29) is 11.5 Å². The van der Waals surface area contributed by atoms with Crippen LogP contribution in [-0.4, -0.2) is 17.3 Å². The number of benzene rings is 1. The van der Waals surface area contributed by atoms with Gasteiger partial charge in [-0.3, -0.25) is 0 Å². The second-order valence-electron chi connectivity index (χ2n) is 5.03. The Morgan fingerprint density at radius 3 is 2.21 bits per heavy atom. The molecule has 3 nitrogen and oxygen atoms in total. The molecule has 0 radical (unpaired) electrons. The third-order valence-corrected chi connectivity index (χ3v) is 3.38. The summed E-state index contributed by atoms with van der Waals surface area (Å²) in [6.07, 6.45) is 9.57. The second-order valence-corrected chi connectivity index (χ2v) is 5.03. The maximum absolute atomic E-state index is 9.69. The van der Waals surface area contributed by atoms with E-state index < -0.39 is 0 Å². The first-order valence-corrected chi connectivity index (χ1v) is 7.27. The lowest BCUT2D eigenvalue weighted by Gasteiger charge is -2.11. The van der Waals surface area contributed by atoms with Crippen molar-refractivity contribution in [2.24, 2.45) is 0 Å². The molecule has 0 aromatic heterocycles. The quantitative estimate of drug-likeness (QED) is 0.651. The van der Waals surface area contributed by atoms with E-state index in [1.807, 2.05) is 0 Å². The highest BCUT2D eigenvalue weighted by Gasteiger charge is 2.10. The van der Waals surface area contributed by atoms with Crippen LogP contribution in [0.5, 0.6) is 17.2 Å². The van der Waals surface area contributed by atoms with Gasteiger partial charge in [-0.1, -0.05) is 45.4 Å². The van der Waals surface area contributed by atoms with Gasteiger partial charge in [-0.2, -0.15) is 0 Å². The standard InChI is InChI=1S/C16H26O3/c1-3-4-5-6-7-8-9-10-13-11-14(17)12-15(18)16(13)19-2/h11-12,17-18H,3-10H2,1-2H3. The average molecular weight is 266 g/mol. The molecule has 19 heavy (non-hydrogen) atoms. The van der Waals surface area contributed by atoms with Crippen molar-refractivity contribution in [2.45, 2.75) is 58.3 Å². The van der Waals surface area contributed by atoms with Crippen molar-refractivity contribution in [2.75, 3.05) is 7.11 Å². The zero-order chi connectivity index (χ0) is 14.1. The summed E-state index contributed by atoms with van der Waals surface area (Å²) in [5.74, 6) is 0.598. The van der Waals surface area contributed by atoms with Gasteiger partial charge in [0.05, 0.1) is 7.11 Å². The number of phenols is 2. The molecular formula is C16H26O3. The summed E-state index contributed by atoms with van der Waals surface area (Å²) < 4.78 is 5.18. The number of rotatable bonds is 9. The van der Waals surface area contributed by atoms with Crippen molar-refractivity contribution in [1.82, 2.24) is 0 Å². The third kappa shape index (κ3) is 5.41. The topological polar surface area (TPSA) is 49.7 Å². The summed E-state index contributed by atoms with van der Waals surface area (Å²) in [7, 11) is 1.54. The summed E-state index contributed by atoms with van der Waals surface area (Å²) in [5.41, 5.74) is 0.883. The van der Waals surface area contributed by atoms with Gasteiger partial charge < -0.3 is 14.9 Å². The molecule has 0 aliphatic rings. The van der Waals surface area contributed by atoms with E-state index in [2.05, 4.69) is 6.92 Å². The first-order chi connectivity index (χ1) is 9.19. The molecule has 0 spiro atoms. The summed E-state index contributed by atoms with van der Waals surface area (Å²) in [6.45, 7) is 2.22. The molecule has 0 aliphatic heterocycles. The van der Waals surface area contributed by atoms with Gasteiger partial charge in [0, 0.05) is 11.6 Å². The highest BCUT2D eigenvalue weighted by Crippen LogP contribution is 2.35. The first kappa shape index (κ1) is 15.7. The Bertz CT molecular complexity index is 375. The van der Waals surface area contributed by atoms with Crippen molar-refractivity contribution in [3.05, 3.63) is 17.7 Å². The van der Waals surface area contributed by atoms with Gasteiger partial charge >= 0.3 is 0 Å². The van der Waals surface area contributed by atoms with Crippen molar-refractivity contribution in [1.29, 1.82) is 0 Å². The fraction of sp³-hybridized carbons (Fsp3) is 0.625. The summed E-state index contributed by atoms with van der Waals surface area (Å²) in [6, 6.07) is 2.99. The fourth-order valence-electron chi connectivity index (χ4n) is 2.35. The molecule has 2 N–H and O–H groups in total. The second kappa shape index (κ2) is 8.68. The van der Waals surface area contributed by atoms with Crippen LogP contribution in [0.25, 0.3) is 0 Å². The number of methoxy groups -OCH3 is 1. The van der Waals surface area contributed by atoms with Gasteiger partial charge in [0.2, 0.25) is 0 Å². The molecule has 1 rings (SSSR count). The van der Waals surface area contributed by atoms with Crippen molar-refractivity contribution in [3.8, 4) is 17.2 Å². The van der Waals surface area contributed by atoms with Crippen molar-refractivity contribution < 1.29 is 14.9 Å². The SMILES string of the molecule is CCCCCCCCCc1cc(O)cc(O)c1OC. The molecule has 0 bridgehead atoms. The summed E-state index contributed by atoms with van der Waals surface area (Å²) >= 11 is 0. The number of unbranched alkanes of at least 4 members (excludes halogenated alkanes) is 6. The molecule has 3 heteroatoms. The van der Waals surface area contributed by atoms with Gasteiger partial charge in [0.15, 0.2) is 11.5 Å². The van der Waals surface area contributed by atoms with Crippen LogP contribution in [0.4, 0.5) is 0 Å². The zero-order valence-electron chi connectivity index (χ0n) is 12.1. The minimum absolute atomic E-state index is 0.0143. The number of aryl methyl sites for hydroxylation is 1. The van der Waals surface area contributed by atoms with E-state index in [0.29, 0.717) is 5.75 Å². The van der Waals surface area contributed by atoms with Crippen LogP contribution in [0.3, 0.4) is 0 Å². The molecule has 1 aromatic carbocycles. The van der Waals surface area contributed by atoms with E-state index >= 15 is 0 Å². The van der Waals surface area contributed by atoms with Crippen LogP contribution in [0, 0.1) is 0 Å². The van der Waals surface area contributed by atoms with Gasteiger partial charge in [-0.15, -0.1) is 0 Å². The summed E-state index contributed by atoms with van der Waals surface area (Å²) in [4.78, 5) is 0. The smallest absolute Gasteiger partial charge is 0.163 e. The molecule has 0 atom stereocenters. The minimum Gasteiger partial charge on any atom is -0.508 e. The maximum atomic E-state index is 9.69. The Kier molecular flexibility index (Phi) is 7.16. The molecule has 0 heterocycles. The lowest BCUT2D eigenvalue weighted by molar-refractivity contribution is 0.364. The average Bonchev–Trinajstić information content (AvgIpc) is 2.37. The van der Waals surface area contributed by atoms with Crippen LogP contribution < -0.4 is 4.74 Å². The lowest BCUT2D eigenvalue weighted by Crippen LogP contribution is -1.93. The predicted octanol–water partition coefficient (Wildman–Crippen LogP) is 4.40. The van der Waals surface area contributed by atoms with Gasteiger partial charge in [0.1, 0.15) is 5.75 Å². The van der Waals surface area contributed by atoms with E-state index in [1.54, 1.807) is 13.2 Å². The molecular weight excluding hydrogens is 240 g/mol. The van der Waals surface area contributed by atoms with Crippen LogP contribution in [0.15, 0.2) is 12.1 Å². The molecule has 0 amide bonds. The molecule has 0 unspecified atom stereocenters. The molecule has 0 saturated carbocycles. The first-order valence-electron chi connectivity index (χ1n) is 7.27. The highest BCUT2D eigenvalue weighted by molar-refractivity contribution is 5.50. The Labute approximate surface area is 116 Å². The number of phenolic OH excluding ortho intramolecular Hbond substituents is 2. The minimum atomic E-state index is 0.0143. The van der Waals surface area contributed by atoms with Crippen LogP contribution in [-0.2, 0) is 6.42 Å². The number of aromatic hydroxyl groups is 2. The fourth-order valence-corrected chi connectivity index (χ4v) is 2.35. The summed E-state index contributed by atoms with van der Waals surface area (Å²) in [5, 5.41) is 19.2. The van der Waals surface area contributed by atoms with Gasteiger partial charge in [-0.05, 0) is 18.9 Å². The predicted molar refractivity (Wildman–Crippen MR) is 78.0 cm³/mol. The highest BCUT2D eigenvalue weighted by atomic mass is 16.5. The van der Waals surface area contributed by atoms with E-state index in [0.717, 1.165) is 18.4 Å². The van der Waals surface area contributed by atoms with Crippen LogP contribution >= 0.6 is 0 Å². The Morgan fingerprint density at radius 2 is 1.58 bits per heavy atom. The Morgan fingerprint density at radius 1 is 0.947 bits per heavy atom. The zero-order valence-corrected chi connectivity index (χ0v) is 12.1. The van der Waals surface area contributed by atoms with Crippen LogP contribution in [0.1, 0.15) is 57.4 Å². The van der Waals surface area contributed by atoms with E-state index in [9.17, 15) is 10.2 Å². The van der Waals surface area contributed by atoms with Gasteiger partial charge in [0.25, 0.3) is 0 Å². The molecule has 1 aromatic rings. The lowest BCUT2D eigenvalue weighted by atomic mass is 10.0. The van der Waals surface area contributed by atoms with E-state index in [4.69, 9.17) is 4.74 Å². The van der Waals surface area contributed by atoms with Crippen molar-refractivity contribution >= 4 is 0 Å². The van der Waals surface area contributed by atoms with Crippen LogP contribution in [0.2, 0.25) is 0 Å². The Balaban J connectivity index is 2.36.